The van der Waals surface area contributed by atoms with Crippen LogP contribution in [-0.4, -0.2) is 43.7 Å². The summed E-state index contributed by atoms with van der Waals surface area (Å²) in [4.78, 5) is 2.66. The molecule has 1 aromatic rings. The molecule has 1 aromatic carbocycles. The maximum atomic E-state index is 6.18. The van der Waals surface area contributed by atoms with Gasteiger partial charge in [-0.05, 0) is 63.7 Å². The van der Waals surface area contributed by atoms with Gasteiger partial charge in [-0.3, -0.25) is 4.90 Å². The van der Waals surface area contributed by atoms with Crippen LogP contribution in [0.5, 0.6) is 0 Å². The van der Waals surface area contributed by atoms with E-state index in [1.54, 1.807) is 0 Å². The van der Waals surface area contributed by atoms with E-state index in [2.05, 4.69) is 49.2 Å². The fraction of sp³-hybridized carbons (Fsp3) is 0.684. The van der Waals surface area contributed by atoms with Crippen LogP contribution >= 0.6 is 12.4 Å². The molecule has 2 fully saturated rings. The van der Waals surface area contributed by atoms with Gasteiger partial charge in [-0.2, -0.15) is 0 Å². The number of nitrogens with one attached hydrogen (secondary N) is 1. The lowest BCUT2D eigenvalue weighted by Crippen LogP contribution is -2.48. The first-order chi connectivity index (χ1) is 10.6. The summed E-state index contributed by atoms with van der Waals surface area (Å²) >= 11 is 0. The molecule has 0 spiro atoms. The summed E-state index contributed by atoms with van der Waals surface area (Å²) in [6.45, 7) is 12.2. The lowest BCUT2D eigenvalue weighted by molar-refractivity contribution is -0.0659. The second kappa shape index (κ2) is 8.48. The van der Waals surface area contributed by atoms with Gasteiger partial charge in [0.05, 0.1) is 12.7 Å². The predicted octanol–water partition coefficient (Wildman–Crippen LogP) is 3.49. The summed E-state index contributed by atoms with van der Waals surface area (Å²) in [5.41, 5.74) is 4.06. The normalized spacial score (nSPS) is 26.7. The molecule has 0 aliphatic carbocycles. The Kier molecular flexibility index (Phi) is 6.90. The molecular formula is C19H31ClN2O. The van der Waals surface area contributed by atoms with Crippen LogP contribution in [0.15, 0.2) is 18.2 Å². The van der Waals surface area contributed by atoms with Crippen molar-refractivity contribution in [3.63, 3.8) is 0 Å². The third kappa shape index (κ3) is 4.69. The molecule has 0 bridgehead atoms. The Bertz CT molecular complexity index is 502. The fourth-order valence-corrected chi connectivity index (χ4v) is 3.75. The van der Waals surface area contributed by atoms with Gasteiger partial charge in [0.15, 0.2) is 0 Å². The topological polar surface area (TPSA) is 24.5 Å². The molecule has 2 unspecified atom stereocenters. The van der Waals surface area contributed by atoms with Crippen LogP contribution < -0.4 is 5.32 Å². The van der Waals surface area contributed by atoms with Crippen LogP contribution in [0.3, 0.4) is 0 Å². The van der Waals surface area contributed by atoms with E-state index in [9.17, 15) is 0 Å². The average Bonchev–Trinajstić information content (AvgIpc) is 2.53. The molecule has 0 saturated carbocycles. The quantitative estimate of drug-likeness (QED) is 0.913. The zero-order valence-electron chi connectivity index (χ0n) is 14.7. The van der Waals surface area contributed by atoms with E-state index in [-0.39, 0.29) is 18.5 Å². The largest absolute Gasteiger partial charge is 0.371 e. The van der Waals surface area contributed by atoms with Crippen LogP contribution in [0.25, 0.3) is 0 Å². The minimum absolute atomic E-state index is 0. The molecule has 4 heteroatoms. The van der Waals surface area contributed by atoms with Gasteiger partial charge in [0.2, 0.25) is 0 Å². The number of morpholine rings is 1. The molecule has 2 aliphatic heterocycles. The van der Waals surface area contributed by atoms with Crippen LogP contribution in [0, 0.1) is 19.8 Å². The highest BCUT2D eigenvalue weighted by molar-refractivity contribution is 5.85. The Balaban J connectivity index is 0.00000192. The summed E-state index contributed by atoms with van der Waals surface area (Å²) in [6, 6.07) is 7.26. The SMILES string of the molecule is Cc1ccc(C)c(C2CN(CC3CCNCC3)C(C)CO2)c1.Cl. The van der Waals surface area contributed by atoms with Crippen LogP contribution in [-0.2, 0) is 4.74 Å². The molecule has 0 amide bonds. The van der Waals surface area contributed by atoms with Crippen LogP contribution in [0.2, 0.25) is 0 Å². The summed E-state index contributed by atoms with van der Waals surface area (Å²) in [5, 5.41) is 3.47. The molecule has 3 nitrogen and oxygen atoms in total. The highest BCUT2D eigenvalue weighted by Gasteiger charge is 2.29. The maximum Gasteiger partial charge on any atom is 0.0955 e. The molecule has 0 aromatic heterocycles. The van der Waals surface area contributed by atoms with E-state index in [0.717, 1.165) is 19.1 Å². The van der Waals surface area contributed by atoms with Gasteiger partial charge >= 0.3 is 0 Å². The summed E-state index contributed by atoms with van der Waals surface area (Å²) in [5.74, 6) is 0.848. The maximum absolute atomic E-state index is 6.18. The minimum atomic E-state index is 0. The van der Waals surface area contributed by atoms with Crippen LogP contribution in [0.1, 0.15) is 42.6 Å². The summed E-state index contributed by atoms with van der Waals surface area (Å²) < 4.78 is 6.18. The van der Waals surface area contributed by atoms with E-state index < -0.39 is 0 Å². The fourth-order valence-electron chi connectivity index (χ4n) is 3.75. The van der Waals surface area contributed by atoms with Crippen molar-refractivity contribution in [2.75, 3.05) is 32.8 Å². The zero-order chi connectivity index (χ0) is 15.5. The van der Waals surface area contributed by atoms with Gasteiger partial charge in [-0.25, -0.2) is 0 Å². The Morgan fingerprint density at radius 2 is 1.96 bits per heavy atom. The monoisotopic (exact) mass is 338 g/mol. The van der Waals surface area contributed by atoms with Crippen molar-refractivity contribution in [2.24, 2.45) is 5.92 Å². The zero-order valence-corrected chi connectivity index (χ0v) is 15.5. The van der Waals surface area contributed by atoms with Gasteiger partial charge in [0.1, 0.15) is 0 Å². The predicted molar refractivity (Wildman–Crippen MR) is 98.5 cm³/mol. The minimum Gasteiger partial charge on any atom is -0.371 e. The van der Waals surface area contributed by atoms with Crippen molar-refractivity contribution >= 4 is 12.4 Å². The van der Waals surface area contributed by atoms with E-state index >= 15 is 0 Å². The summed E-state index contributed by atoms with van der Waals surface area (Å²) in [6.07, 6.45) is 2.87. The molecule has 2 saturated heterocycles. The first kappa shape index (κ1) is 18.7. The molecule has 3 rings (SSSR count). The highest BCUT2D eigenvalue weighted by Crippen LogP contribution is 2.29. The number of aryl methyl sites for hydroxylation is 2. The average molecular weight is 339 g/mol. The second-order valence-electron chi connectivity index (χ2n) is 7.18. The third-order valence-corrected chi connectivity index (χ3v) is 5.30. The number of halogens is 1. The molecule has 23 heavy (non-hydrogen) atoms. The van der Waals surface area contributed by atoms with Crippen molar-refractivity contribution in [1.82, 2.24) is 10.2 Å². The Labute approximate surface area is 147 Å². The van der Waals surface area contributed by atoms with Crippen molar-refractivity contribution in [1.29, 1.82) is 0 Å². The standard InChI is InChI=1S/C19H30N2O.ClH/c1-14-4-5-15(2)18(10-14)19-12-21(16(3)13-22-19)11-17-6-8-20-9-7-17;/h4-5,10,16-17,19-20H,6-9,11-13H2,1-3H3;1H. The van der Waals surface area contributed by atoms with Crippen molar-refractivity contribution < 1.29 is 4.74 Å². The van der Waals surface area contributed by atoms with Crippen LogP contribution in [0.4, 0.5) is 0 Å². The molecule has 2 atom stereocenters. The number of ether oxygens (including phenoxy) is 1. The molecule has 2 aliphatic rings. The molecule has 130 valence electrons. The highest BCUT2D eigenvalue weighted by atomic mass is 35.5. The lowest BCUT2D eigenvalue weighted by Gasteiger charge is -2.41. The third-order valence-electron chi connectivity index (χ3n) is 5.30. The number of piperidine rings is 1. The van der Waals surface area contributed by atoms with Gasteiger partial charge in [0.25, 0.3) is 0 Å². The number of benzene rings is 1. The van der Waals surface area contributed by atoms with E-state index in [1.165, 1.54) is 49.2 Å². The molecular weight excluding hydrogens is 308 g/mol. The molecule has 1 N–H and O–H groups in total. The number of hydrogen-bond donors (Lipinski definition) is 1. The van der Waals surface area contributed by atoms with Gasteiger partial charge in [-0.15, -0.1) is 12.4 Å². The first-order valence-electron chi connectivity index (χ1n) is 8.77. The van der Waals surface area contributed by atoms with E-state index in [4.69, 9.17) is 4.74 Å². The van der Waals surface area contributed by atoms with E-state index in [1.807, 2.05) is 0 Å². The molecule has 2 heterocycles. The Morgan fingerprint density at radius 3 is 2.70 bits per heavy atom. The Hall–Kier alpha value is -0.610. The van der Waals surface area contributed by atoms with Crippen molar-refractivity contribution in [3.8, 4) is 0 Å². The van der Waals surface area contributed by atoms with Crippen molar-refractivity contribution in [3.05, 3.63) is 34.9 Å². The number of rotatable bonds is 3. The van der Waals surface area contributed by atoms with Gasteiger partial charge < -0.3 is 10.1 Å². The summed E-state index contributed by atoms with van der Waals surface area (Å²) in [7, 11) is 0. The second-order valence-corrected chi connectivity index (χ2v) is 7.18. The smallest absolute Gasteiger partial charge is 0.0955 e. The number of nitrogens with zero attached hydrogens (tertiary/aromatic N) is 1. The van der Waals surface area contributed by atoms with Crippen molar-refractivity contribution in [2.45, 2.75) is 45.8 Å². The van der Waals surface area contributed by atoms with Gasteiger partial charge in [-0.1, -0.05) is 23.8 Å². The Morgan fingerprint density at radius 1 is 1.22 bits per heavy atom. The van der Waals surface area contributed by atoms with Gasteiger partial charge in [0, 0.05) is 19.1 Å². The van der Waals surface area contributed by atoms with E-state index in [0.29, 0.717) is 6.04 Å². The molecule has 0 radical (unpaired) electrons. The lowest BCUT2D eigenvalue weighted by atomic mass is 9.95. The number of hydrogen-bond acceptors (Lipinski definition) is 3. The first-order valence-corrected chi connectivity index (χ1v) is 8.77.